The molecular formula is C17H15N5O3S. The lowest BCUT2D eigenvalue weighted by Crippen LogP contribution is -2.24. The summed E-state index contributed by atoms with van der Waals surface area (Å²) in [6.07, 6.45) is 0. The fraction of sp³-hybridized carbons (Fsp3) is 0.118. The van der Waals surface area contributed by atoms with Crippen LogP contribution in [0.3, 0.4) is 0 Å². The van der Waals surface area contributed by atoms with Crippen LogP contribution >= 0.6 is 0 Å². The van der Waals surface area contributed by atoms with Gasteiger partial charge in [0.2, 0.25) is 15.6 Å². The first-order valence-corrected chi connectivity index (χ1v) is 9.43. The summed E-state index contributed by atoms with van der Waals surface area (Å²) in [5.74, 6) is 0.377. The number of sulfonamides is 1. The van der Waals surface area contributed by atoms with Crippen LogP contribution in [0.4, 0.5) is 5.82 Å². The second-order valence-electron chi connectivity index (χ2n) is 5.84. The van der Waals surface area contributed by atoms with Crippen LogP contribution in [0.2, 0.25) is 0 Å². The average Bonchev–Trinajstić information content (AvgIpc) is 3.11. The first-order chi connectivity index (χ1) is 12.4. The van der Waals surface area contributed by atoms with E-state index in [0.717, 1.165) is 23.3 Å². The Morgan fingerprint density at radius 3 is 2.62 bits per heavy atom. The van der Waals surface area contributed by atoms with Crippen molar-refractivity contribution >= 4 is 32.7 Å². The Hall–Kier alpha value is -3.04. The number of fused-ring (bicyclic) bond motifs is 3. The van der Waals surface area contributed by atoms with E-state index in [2.05, 4.69) is 15.3 Å². The van der Waals surface area contributed by atoms with Gasteiger partial charge in [0.05, 0.1) is 10.4 Å². The van der Waals surface area contributed by atoms with Crippen molar-refractivity contribution in [3.63, 3.8) is 0 Å². The lowest BCUT2D eigenvalue weighted by Gasteiger charge is -2.07. The second kappa shape index (κ2) is 6.04. The first-order valence-electron chi connectivity index (χ1n) is 7.89. The zero-order chi connectivity index (χ0) is 18.3. The Labute approximate surface area is 149 Å². The van der Waals surface area contributed by atoms with Crippen LogP contribution < -0.4 is 16.1 Å². The summed E-state index contributed by atoms with van der Waals surface area (Å²) in [6, 6.07) is 13.0. The molecule has 8 nitrogen and oxygen atoms in total. The molecule has 1 aromatic heterocycles. The summed E-state index contributed by atoms with van der Waals surface area (Å²) in [5, 5.41) is 9.32. The van der Waals surface area contributed by atoms with Crippen LogP contribution in [-0.2, 0) is 16.6 Å². The smallest absolute Gasteiger partial charge is 0.280 e. The lowest BCUT2D eigenvalue weighted by molar-refractivity contribution is 0.0996. The van der Waals surface area contributed by atoms with E-state index < -0.39 is 15.9 Å². The monoisotopic (exact) mass is 369 g/mol. The van der Waals surface area contributed by atoms with Crippen molar-refractivity contribution in [1.29, 1.82) is 0 Å². The molecule has 1 aliphatic heterocycles. The van der Waals surface area contributed by atoms with Crippen molar-refractivity contribution in [2.75, 3.05) is 11.9 Å². The van der Waals surface area contributed by atoms with Gasteiger partial charge in [0.1, 0.15) is 5.82 Å². The molecule has 26 heavy (non-hydrogen) atoms. The van der Waals surface area contributed by atoms with Crippen LogP contribution in [0, 0.1) is 0 Å². The topological polar surface area (TPSA) is 119 Å². The third kappa shape index (κ3) is 2.87. The number of nitrogens with one attached hydrogen (secondary N) is 1. The molecule has 0 fully saturated rings. The molecule has 3 N–H and O–H groups in total. The molecule has 132 valence electrons. The molecule has 3 aromatic rings. The normalized spacial score (nSPS) is 14.3. The highest BCUT2D eigenvalue weighted by Crippen LogP contribution is 2.22. The second-order valence-corrected chi connectivity index (χ2v) is 7.40. The van der Waals surface area contributed by atoms with E-state index in [9.17, 15) is 13.2 Å². The summed E-state index contributed by atoms with van der Waals surface area (Å²) in [7, 11) is -3.80. The molecule has 2 heterocycles. The Bertz CT molecular complexity index is 1200. The number of carbonyl (C=O) groups excluding carboxylic acids is 1. The van der Waals surface area contributed by atoms with Gasteiger partial charge in [-0.05, 0) is 36.4 Å². The van der Waals surface area contributed by atoms with Gasteiger partial charge >= 0.3 is 0 Å². The minimum absolute atomic E-state index is 0.0580. The molecule has 1 aliphatic rings. The minimum Gasteiger partial charge on any atom is -0.369 e. The molecule has 0 bridgehead atoms. The Balaban J connectivity index is 1.80. The number of carbonyl (C=O) groups is 1. The highest BCUT2D eigenvalue weighted by Gasteiger charge is 2.16. The average molecular weight is 369 g/mol. The summed E-state index contributed by atoms with van der Waals surface area (Å²) < 4.78 is 24.5. The molecule has 0 radical (unpaired) electrons. The number of nitrogens with zero attached hydrogens (tertiary/aromatic N) is 3. The molecule has 2 aromatic carbocycles. The Kier molecular flexibility index (Phi) is 3.82. The predicted molar refractivity (Wildman–Crippen MR) is 95.9 cm³/mol. The van der Waals surface area contributed by atoms with Gasteiger partial charge in [-0.3, -0.25) is 9.36 Å². The largest absolute Gasteiger partial charge is 0.369 e. The van der Waals surface area contributed by atoms with Gasteiger partial charge < -0.3 is 5.32 Å². The number of benzene rings is 2. The molecule has 0 aliphatic carbocycles. The molecule has 9 heteroatoms. The van der Waals surface area contributed by atoms with Crippen molar-refractivity contribution in [3.8, 4) is 0 Å². The molecule has 0 saturated heterocycles. The number of hydrogen-bond donors (Lipinski definition) is 2. The molecule has 0 unspecified atom stereocenters. The molecular weight excluding hydrogens is 354 g/mol. The van der Waals surface area contributed by atoms with Gasteiger partial charge in [0, 0.05) is 24.0 Å². The summed E-state index contributed by atoms with van der Waals surface area (Å²) in [5.41, 5.74) is 1.31. The lowest BCUT2D eigenvalue weighted by atomic mass is 10.2. The quantitative estimate of drug-likeness (QED) is 0.694. The maximum Gasteiger partial charge on any atom is 0.280 e. The number of rotatable bonds is 2. The van der Waals surface area contributed by atoms with Crippen molar-refractivity contribution in [2.45, 2.75) is 11.4 Å². The summed E-state index contributed by atoms with van der Waals surface area (Å²) in [4.78, 5) is 21.1. The highest BCUT2D eigenvalue weighted by atomic mass is 32.2. The van der Waals surface area contributed by atoms with E-state index in [1.54, 1.807) is 0 Å². The van der Waals surface area contributed by atoms with Gasteiger partial charge in [-0.15, -0.1) is 0 Å². The van der Waals surface area contributed by atoms with E-state index >= 15 is 0 Å². The number of aromatic nitrogens is 2. The SMILES string of the molecule is NS(=O)(=O)c1ccc(C(=O)N=c2nc3ccccc3c3n2CCN3)cc1. The fourth-order valence-electron chi connectivity index (χ4n) is 2.90. The van der Waals surface area contributed by atoms with Crippen molar-refractivity contribution in [1.82, 2.24) is 9.55 Å². The zero-order valence-corrected chi connectivity index (χ0v) is 14.4. The Morgan fingerprint density at radius 1 is 1.15 bits per heavy atom. The van der Waals surface area contributed by atoms with Gasteiger partial charge in [-0.25, -0.2) is 18.5 Å². The minimum atomic E-state index is -3.80. The van der Waals surface area contributed by atoms with E-state index in [4.69, 9.17) is 5.14 Å². The van der Waals surface area contributed by atoms with Crippen molar-refractivity contribution in [3.05, 3.63) is 59.7 Å². The van der Waals surface area contributed by atoms with Crippen LogP contribution in [0.15, 0.2) is 58.4 Å². The standard InChI is InChI=1S/C17H15N5O3S/c18-26(24,25)12-7-5-11(6-8-12)16(23)21-17-20-14-4-2-1-3-13(14)15-19-9-10-22(15)17/h1-8,19H,9-10H2,(H2,18,24,25). The fourth-order valence-corrected chi connectivity index (χ4v) is 3.42. The molecule has 0 saturated carbocycles. The zero-order valence-electron chi connectivity index (χ0n) is 13.6. The van der Waals surface area contributed by atoms with Gasteiger partial charge in [0.15, 0.2) is 0 Å². The maximum atomic E-state index is 12.5. The van der Waals surface area contributed by atoms with E-state index in [-0.39, 0.29) is 10.5 Å². The van der Waals surface area contributed by atoms with Crippen LogP contribution in [0.1, 0.15) is 10.4 Å². The van der Waals surface area contributed by atoms with Gasteiger partial charge in [-0.1, -0.05) is 12.1 Å². The van der Waals surface area contributed by atoms with Crippen LogP contribution in [-0.4, -0.2) is 30.4 Å². The van der Waals surface area contributed by atoms with Crippen LogP contribution in [0.5, 0.6) is 0 Å². The predicted octanol–water partition coefficient (Wildman–Crippen LogP) is 0.850. The van der Waals surface area contributed by atoms with Crippen LogP contribution in [0.25, 0.3) is 10.9 Å². The maximum absolute atomic E-state index is 12.5. The number of primary sulfonamides is 1. The molecule has 1 amide bonds. The highest BCUT2D eigenvalue weighted by molar-refractivity contribution is 7.89. The number of anilines is 1. The number of hydrogen-bond acceptors (Lipinski definition) is 5. The third-order valence-electron chi connectivity index (χ3n) is 4.15. The van der Waals surface area contributed by atoms with E-state index in [1.165, 1.54) is 24.3 Å². The number of para-hydroxylation sites is 1. The van der Waals surface area contributed by atoms with E-state index in [0.29, 0.717) is 12.2 Å². The number of amides is 1. The first kappa shape index (κ1) is 16.4. The third-order valence-corrected chi connectivity index (χ3v) is 5.08. The Morgan fingerprint density at radius 2 is 1.88 bits per heavy atom. The summed E-state index contributed by atoms with van der Waals surface area (Å²) in [6.45, 7) is 1.39. The summed E-state index contributed by atoms with van der Waals surface area (Å²) >= 11 is 0. The number of nitrogens with two attached hydrogens (primary N) is 1. The van der Waals surface area contributed by atoms with Gasteiger partial charge in [-0.2, -0.15) is 4.99 Å². The van der Waals surface area contributed by atoms with E-state index in [1.807, 2.05) is 28.8 Å². The van der Waals surface area contributed by atoms with Crippen molar-refractivity contribution < 1.29 is 13.2 Å². The molecule has 4 rings (SSSR count). The van der Waals surface area contributed by atoms with Crippen molar-refractivity contribution in [2.24, 2.45) is 10.1 Å². The molecule has 0 atom stereocenters. The molecule has 0 spiro atoms. The van der Waals surface area contributed by atoms with Gasteiger partial charge in [0.25, 0.3) is 5.91 Å².